The topological polar surface area (TPSA) is 78.0 Å². The predicted molar refractivity (Wildman–Crippen MR) is 125 cm³/mol. The Hall–Kier alpha value is -3.88. The van der Waals surface area contributed by atoms with Crippen LogP contribution < -0.4 is 27.6 Å². The molecule has 1 aliphatic carbocycles. The van der Waals surface area contributed by atoms with E-state index in [4.69, 9.17) is 0 Å². The van der Waals surface area contributed by atoms with Crippen molar-refractivity contribution in [3.05, 3.63) is 91.6 Å². The average molecular weight is 430 g/mol. The summed E-state index contributed by atoms with van der Waals surface area (Å²) in [6.45, 7) is 0. The van der Waals surface area contributed by atoms with Crippen molar-refractivity contribution in [1.82, 2.24) is 13.7 Å². The molecule has 4 aromatic rings. The van der Waals surface area contributed by atoms with E-state index in [2.05, 4.69) is 5.32 Å². The van der Waals surface area contributed by atoms with Crippen LogP contribution in [0.3, 0.4) is 0 Å². The molecular formula is C23H20BFN4O3. The van der Waals surface area contributed by atoms with E-state index in [0.29, 0.717) is 18.5 Å². The largest absolute Gasteiger partial charge is 0.355 e. The zero-order valence-corrected chi connectivity index (χ0v) is 17.6. The van der Waals surface area contributed by atoms with Crippen LogP contribution in [0, 0.1) is 5.82 Å². The van der Waals surface area contributed by atoms with Crippen molar-refractivity contribution >= 4 is 35.7 Å². The van der Waals surface area contributed by atoms with E-state index in [1.807, 2.05) is 32.1 Å². The molecule has 1 fully saturated rings. The minimum atomic E-state index is -0.655. The Labute approximate surface area is 182 Å². The summed E-state index contributed by atoms with van der Waals surface area (Å²) >= 11 is 0. The quantitative estimate of drug-likeness (QED) is 0.496. The highest BCUT2D eigenvalue weighted by molar-refractivity contribution is 6.32. The van der Waals surface area contributed by atoms with Crippen molar-refractivity contribution in [2.45, 2.75) is 18.9 Å². The van der Waals surface area contributed by atoms with Gasteiger partial charge in [-0.3, -0.25) is 18.7 Å². The number of fused-ring (bicyclic) bond motifs is 1. The molecule has 0 amide bonds. The maximum atomic E-state index is 14.8. The lowest BCUT2D eigenvalue weighted by Gasteiger charge is -2.19. The van der Waals surface area contributed by atoms with Crippen LogP contribution in [0.15, 0.2) is 69.0 Å². The monoisotopic (exact) mass is 430 g/mol. The highest BCUT2D eigenvalue weighted by atomic mass is 19.1. The van der Waals surface area contributed by atoms with Gasteiger partial charge in [0.05, 0.1) is 11.4 Å². The summed E-state index contributed by atoms with van der Waals surface area (Å²) in [5.41, 5.74) is 0.475. The highest BCUT2D eigenvalue weighted by Gasteiger charge is 2.31. The van der Waals surface area contributed by atoms with Gasteiger partial charge >= 0.3 is 5.69 Å². The lowest BCUT2D eigenvalue weighted by Crippen LogP contribution is -2.41. The third kappa shape index (κ3) is 3.17. The van der Waals surface area contributed by atoms with E-state index in [-0.39, 0.29) is 28.5 Å². The number of rotatable bonds is 4. The van der Waals surface area contributed by atoms with Crippen molar-refractivity contribution < 1.29 is 4.39 Å². The molecule has 1 aliphatic rings. The normalized spacial score (nSPS) is 13.4. The Kier molecular flexibility index (Phi) is 4.62. The van der Waals surface area contributed by atoms with Gasteiger partial charge in [0.2, 0.25) is 0 Å². The Bertz CT molecular complexity index is 1550. The number of nitrogens with one attached hydrogen (secondary N) is 1. The Morgan fingerprint density at radius 2 is 1.72 bits per heavy atom. The van der Waals surface area contributed by atoms with Crippen molar-refractivity contribution in [1.29, 1.82) is 0 Å². The van der Waals surface area contributed by atoms with Crippen LogP contribution >= 0.6 is 0 Å². The van der Waals surface area contributed by atoms with E-state index in [0.717, 1.165) is 10.0 Å². The first-order valence-electron chi connectivity index (χ1n) is 10.4. The van der Waals surface area contributed by atoms with Gasteiger partial charge in [-0.15, -0.1) is 0 Å². The standard InChI is InChI=1S/C23H20BFN4O3/c1-27-19(30)12-17(26-14-8-6-13(24)7-9-14)20-21(27)29(18-5-3-2-4-16(18)25)23(32)28(22(20)31)15-10-11-15/h2-9,12,15,26H,10-11,24H2,1H3. The Morgan fingerprint density at radius 1 is 1.03 bits per heavy atom. The van der Waals surface area contributed by atoms with Gasteiger partial charge in [-0.25, -0.2) is 13.8 Å². The van der Waals surface area contributed by atoms with Crippen LogP contribution in [0.2, 0.25) is 0 Å². The fraction of sp³-hybridized carbons (Fsp3) is 0.174. The van der Waals surface area contributed by atoms with Crippen LogP contribution in [-0.4, -0.2) is 21.5 Å². The summed E-state index contributed by atoms with van der Waals surface area (Å²) in [4.78, 5) is 39.8. The molecule has 0 saturated heterocycles. The number of anilines is 2. The van der Waals surface area contributed by atoms with E-state index in [9.17, 15) is 18.8 Å². The summed E-state index contributed by atoms with van der Waals surface area (Å²) < 4.78 is 18.3. The van der Waals surface area contributed by atoms with Crippen LogP contribution in [0.4, 0.5) is 15.8 Å². The predicted octanol–water partition coefficient (Wildman–Crippen LogP) is 1.33. The van der Waals surface area contributed by atoms with Crippen molar-refractivity contribution in [2.24, 2.45) is 7.05 Å². The molecule has 1 saturated carbocycles. The summed E-state index contributed by atoms with van der Waals surface area (Å²) in [5, 5.41) is 3.30. The Morgan fingerprint density at radius 3 is 2.38 bits per heavy atom. The van der Waals surface area contributed by atoms with Gasteiger partial charge in [0.15, 0.2) is 0 Å². The number of hydrogen-bond donors (Lipinski definition) is 1. The molecule has 0 atom stereocenters. The van der Waals surface area contributed by atoms with E-state index >= 15 is 0 Å². The molecule has 0 aliphatic heterocycles. The molecular weight excluding hydrogens is 410 g/mol. The second-order valence-corrected chi connectivity index (χ2v) is 8.12. The number of hydrogen-bond acceptors (Lipinski definition) is 4. The summed E-state index contributed by atoms with van der Waals surface area (Å²) in [6.07, 6.45) is 1.40. The van der Waals surface area contributed by atoms with E-state index in [1.165, 1.54) is 40.4 Å². The minimum Gasteiger partial charge on any atom is -0.355 e. The Balaban J connectivity index is 1.92. The lowest BCUT2D eigenvalue weighted by atomic mass is 9.96. The smallest absolute Gasteiger partial charge is 0.337 e. The first kappa shape index (κ1) is 20.1. The van der Waals surface area contributed by atoms with Crippen LogP contribution in [0.25, 0.3) is 16.7 Å². The molecule has 2 aromatic heterocycles. The average Bonchev–Trinajstić information content (AvgIpc) is 3.59. The zero-order chi connectivity index (χ0) is 22.6. The molecule has 32 heavy (non-hydrogen) atoms. The van der Waals surface area contributed by atoms with Gasteiger partial charge in [-0.05, 0) is 37.1 Å². The number of aryl methyl sites for hydroxylation is 1. The molecule has 0 spiro atoms. The zero-order valence-electron chi connectivity index (χ0n) is 17.6. The summed E-state index contributed by atoms with van der Waals surface area (Å²) in [7, 11) is 3.43. The maximum Gasteiger partial charge on any atom is 0.337 e. The number of benzene rings is 2. The third-order valence-electron chi connectivity index (χ3n) is 5.79. The van der Waals surface area contributed by atoms with E-state index in [1.54, 1.807) is 6.07 Å². The number of aromatic nitrogens is 3. The van der Waals surface area contributed by atoms with Gasteiger partial charge < -0.3 is 5.32 Å². The summed E-state index contributed by atoms with van der Waals surface area (Å²) in [6, 6.07) is 14.4. The molecule has 0 bridgehead atoms. The fourth-order valence-corrected chi connectivity index (χ4v) is 3.96. The third-order valence-corrected chi connectivity index (χ3v) is 5.79. The number of para-hydroxylation sites is 1. The fourth-order valence-electron chi connectivity index (χ4n) is 3.96. The van der Waals surface area contributed by atoms with Gasteiger partial charge in [-0.2, -0.15) is 0 Å². The summed E-state index contributed by atoms with van der Waals surface area (Å²) in [5.74, 6) is -0.624. The molecule has 2 aromatic carbocycles. The van der Waals surface area contributed by atoms with Gasteiger partial charge in [-0.1, -0.05) is 29.7 Å². The van der Waals surface area contributed by atoms with Crippen LogP contribution in [0.1, 0.15) is 18.9 Å². The molecule has 5 rings (SSSR count). The molecule has 9 heteroatoms. The van der Waals surface area contributed by atoms with Gasteiger partial charge in [0, 0.05) is 24.8 Å². The first-order chi connectivity index (χ1) is 15.4. The highest BCUT2D eigenvalue weighted by Crippen LogP contribution is 2.33. The molecule has 7 nitrogen and oxygen atoms in total. The second-order valence-electron chi connectivity index (χ2n) is 8.12. The first-order valence-corrected chi connectivity index (χ1v) is 10.4. The van der Waals surface area contributed by atoms with Gasteiger partial charge in [0.1, 0.15) is 24.7 Å². The number of halogens is 1. The number of nitrogens with zero attached hydrogens (tertiary/aromatic N) is 3. The maximum absolute atomic E-state index is 14.8. The van der Waals surface area contributed by atoms with E-state index < -0.39 is 22.6 Å². The SMILES string of the molecule is Bc1ccc(Nc2cc(=O)n(C)c3c2c(=O)n(C2CC2)c(=O)n3-c2ccccc2F)cc1. The van der Waals surface area contributed by atoms with Crippen molar-refractivity contribution in [3.8, 4) is 5.69 Å². The van der Waals surface area contributed by atoms with Crippen LogP contribution in [0.5, 0.6) is 0 Å². The minimum absolute atomic E-state index is 0.0145. The van der Waals surface area contributed by atoms with Crippen molar-refractivity contribution in [2.75, 3.05) is 5.32 Å². The lowest BCUT2D eigenvalue weighted by molar-refractivity contribution is 0.597. The molecule has 2 heterocycles. The molecule has 160 valence electrons. The molecule has 0 radical (unpaired) electrons. The molecule has 1 N–H and O–H groups in total. The van der Waals surface area contributed by atoms with Crippen LogP contribution in [-0.2, 0) is 7.05 Å². The number of pyridine rings is 1. The van der Waals surface area contributed by atoms with Gasteiger partial charge in [0.25, 0.3) is 11.1 Å². The second kappa shape index (κ2) is 7.37. The molecule has 0 unspecified atom stereocenters. The van der Waals surface area contributed by atoms with Crippen molar-refractivity contribution in [3.63, 3.8) is 0 Å².